The summed E-state index contributed by atoms with van der Waals surface area (Å²) in [4.78, 5) is 30.8. The second-order valence-corrected chi connectivity index (χ2v) is 22.6. The molecule has 90 heavy (non-hydrogen) atoms. The number of nitrogens with zero attached hydrogens (tertiary/aromatic N) is 6. The molecule has 3 aromatic heterocycles. The molecule has 1 unspecified atom stereocenters. The van der Waals surface area contributed by atoms with Crippen molar-refractivity contribution in [3.05, 3.63) is 303 Å². The van der Waals surface area contributed by atoms with E-state index in [-0.39, 0.29) is 0 Å². The summed E-state index contributed by atoms with van der Waals surface area (Å²) >= 11 is 0. The van der Waals surface area contributed by atoms with Gasteiger partial charge in [-0.05, 0) is 116 Å². The zero-order valence-electron chi connectivity index (χ0n) is 48.4. The number of nitrogens with one attached hydrogen (secondary N) is 1. The van der Waals surface area contributed by atoms with Crippen LogP contribution in [-0.4, -0.2) is 29.9 Å². The molecule has 1 atom stereocenters. The Hall–Kier alpha value is -12.2. The highest BCUT2D eigenvalue weighted by Gasteiger charge is 2.28. The maximum absolute atomic E-state index is 7.01. The minimum absolute atomic E-state index is 0.446. The van der Waals surface area contributed by atoms with Crippen LogP contribution in [0.1, 0.15) is 11.8 Å². The van der Waals surface area contributed by atoms with E-state index in [2.05, 4.69) is 230 Å². The first-order chi connectivity index (χ1) is 44.5. The minimum Gasteiger partial charge on any atom is -0.464 e. The number of hydrogen-bond donors (Lipinski definition) is 1. The van der Waals surface area contributed by atoms with E-state index in [9.17, 15) is 0 Å². The molecule has 0 saturated heterocycles. The fourth-order valence-corrected chi connectivity index (χ4v) is 12.4. The SMILES string of the molecule is c1ccc(-c2cccc(-c3nc(-c4ccc(-c5ccccc5C5Nc6ccc7ccc(-c8cccc(-c9nc(-c%10ccccc%10)c%10ccccc%10n9)c8)cc7c6O5)cc4)nc(-c4cccc(-c5ccc6ccc7nc(-c8ccccc8)oc7c6c5)c4)n3)c2)cc1. The minimum atomic E-state index is -0.446. The number of oxazole rings is 1. The molecule has 13 aromatic carbocycles. The van der Waals surface area contributed by atoms with Gasteiger partial charge in [-0.3, -0.25) is 0 Å². The number of anilines is 1. The van der Waals surface area contributed by atoms with E-state index in [4.69, 9.17) is 39.1 Å². The Balaban J connectivity index is 0.686. The van der Waals surface area contributed by atoms with E-state index < -0.39 is 6.23 Å². The van der Waals surface area contributed by atoms with Gasteiger partial charge in [-0.15, -0.1) is 0 Å². The predicted octanol–water partition coefficient (Wildman–Crippen LogP) is 20.4. The van der Waals surface area contributed by atoms with Crippen LogP contribution in [-0.2, 0) is 0 Å². The number of benzene rings is 13. The molecule has 1 aliphatic rings. The topological polar surface area (TPSA) is 112 Å². The lowest BCUT2D eigenvalue weighted by Gasteiger charge is -2.17. The molecule has 4 heterocycles. The zero-order valence-corrected chi connectivity index (χ0v) is 48.4. The van der Waals surface area contributed by atoms with Gasteiger partial charge in [-0.2, -0.15) is 0 Å². The fourth-order valence-electron chi connectivity index (χ4n) is 12.4. The molecule has 16 aromatic rings. The van der Waals surface area contributed by atoms with Crippen molar-refractivity contribution >= 4 is 49.2 Å². The van der Waals surface area contributed by atoms with E-state index in [0.29, 0.717) is 29.2 Å². The van der Waals surface area contributed by atoms with Crippen LogP contribution in [0, 0.1) is 0 Å². The van der Waals surface area contributed by atoms with Crippen LogP contribution in [0.2, 0.25) is 0 Å². The molecule has 1 N–H and O–H groups in total. The number of ether oxygens (including phenoxy) is 1. The van der Waals surface area contributed by atoms with E-state index in [1.807, 2.05) is 72.8 Å². The molecule has 9 heteroatoms. The van der Waals surface area contributed by atoms with Crippen LogP contribution in [0.5, 0.6) is 5.75 Å². The Morgan fingerprint density at radius 2 is 0.767 bits per heavy atom. The van der Waals surface area contributed by atoms with Crippen molar-refractivity contribution in [1.29, 1.82) is 0 Å². The van der Waals surface area contributed by atoms with Gasteiger partial charge in [0.05, 0.1) is 16.9 Å². The van der Waals surface area contributed by atoms with Gasteiger partial charge in [0, 0.05) is 55.1 Å². The lowest BCUT2D eigenvalue weighted by Crippen LogP contribution is -2.11. The largest absolute Gasteiger partial charge is 0.464 e. The Kier molecular flexibility index (Phi) is 12.7. The van der Waals surface area contributed by atoms with Crippen LogP contribution in [0.25, 0.3) is 156 Å². The van der Waals surface area contributed by atoms with Crippen molar-refractivity contribution < 1.29 is 9.15 Å². The lowest BCUT2D eigenvalue weighted by molar-refractivity contribution is 0.263. The number of hydrogen-bond acceptors (Lipinski definition) is 9. The Morgan fingerprint density at radius 3 is 1.44 bits per heavy atom. The van der Waals surface area contributed by atoms with Crippen molar-refractivity contribution in [2.24, 2.45) is 0 Å². The van der Waals surface area contributed by atoms with Crippen LogP contribution >= 0.6 is 0 Å². The molecule has 17 rings (SSSR count). The molecule has 0 bridgehead atoms. The first-order valence-electron chi connectivity index (χ1n) is 30.1. The van der Waals surface area contributed by atoms with E-state index >= 15 is 0 Å². The smallest absolute Gasteiger partial charge is 0.227 e. The third-order valence-corrected chi connectivity index (χ3v) is 17.0. The number of fused-ring (bicyclic) bond motifs is 7. The normalized spacial score (nSPS) is 12.7. The van der Waals surface area contributed by atoms with Gasteiger partial charge in [0.2, 0.25) is 5.89 Å². The van der Waals surface area contributed by atoms with Gasteiger partial charge >= 0.3 is 0 Å². The van der Waals surface area contributed by atoms with Crippen LogP contribution in [0.4, 0.5) is 5.69 Å². The summed E-state index contributed by atoms with van der Waals surface area (Å²) in [5.41, 5.74) is 19.3. The monoisotopic (exact) mass is 1150 g/mol. The Labute approximate surface area is 518 Å². The van der Waals surface area contributed by atoms with E-state index in [0.717, 1.165) is 144 Å². The molecule has 0 spiro atoms. The summed E-state index contributed by atoms with van der Waals surface area (Å²) in [7, 11) is 0. The van der Waals surface area contributed by atoms with Gasteiger partial charge in [-0.25, -0.2) is 29.9 Å². The Bertz CT molecular complexity index is 5440. The highest BCUT2D eigenvalue weighted by molar-refractivity contribution is 6.05. The summed E-state index contributed by atoms with van der Waals surface area (Å²) in [5, 5.41) is 8.93. The van der Waals surface area contributed by atoms with E-state index in [1.165, 1.54) is 0 Å². The maximum Gasteiger partial charge on any atom is 0.227 e. The summed E-state index contributed by atoms with van der Waals surface area (Å²) in [6.07, 6.45) is -0.446. The highest BCUT2D eigenvalue weighted by atomic mass is 16.5. The van der Waals surface area contributed by atoms with Crippen LogP contribution < -0.4 is 10.1 Å². The van der Waals surface area contributed by atoms with Gasteiger partial charge in [-0.1, -0.05) is 237 Å². The molecule has 0 radical (unpaired) electrons. The Morgan fingerprint density at radius 1 is 0.289 bits per heavy atom. The number of para-hydroxylation sites is 1. The van der Waals surface area contributed by atoms with Gasteiger partial charge in [0.15, 0.2) is 40.9 Å². The third kappa shape index (κ3) is 9.64. The zero-order chi connectivity index (χ0) is 59.5. The molecular weight excluding hydrogens is 1100 g/mol. The highest BCUT2D eigenvalue weighted by Crippen LogP contribution is 2.46. The molecule has 9 nitrogen and oxygen atoms in total. The maximum atomic E-state index is 7.01. The molecule has 422 valence electrons. The van der Waals surface area contributed by atoms with Crippen molar-refractivity contribution in [3.63, 3.8) is 0 Å². The summed E-state index contributed by atoms with van der Waals surface area (Å²) in [6.45, 7) is 0. The first-order valence-corrected chi connectivity index (χ1v) is 30.1. The first kappa shape index (κ1) is 52.2. The van der Waals surface area contributed by atoms with Crippen molar-refractivity contribution in [1.82, 2.24) is 29.9 Å². The molecule has 1 aliphatic heterocycles. The summed E-state index contributed by atoms with van der Waals surface area (Å²) in [6, 6.07) is 103. The fraction of sp³-hybridized carbons (Fsp3) is 0.0123. The second kappa shape index (κ2) is 21.9. The van der Waals surface area contributed by atoms with Gasteiger partial charge in [0.1, 0.15) is 5.52 Å². The van der Waals surface area contributed by atoms with Gasteiger partial charge < -0.3 is 14.5 Å². The van der Waals surface area contributed by atoms with Crippen LogP contribution in [0.15, 0.2) is 302 Å². The molecule has 0 saturated carbocycles. The molecule has 0 aliphatic carbocycles. The standard InChI is InChI=1S/C81H51N7O2/c1-4-17-50(18-5-1)57-23-14-27-63(45-57)78-86-76(87-79(88-78)64-28-16-25-59(47-64)60-39-35-52-41-43-71-74(68(52)48-60)89-80(83-71)56-21-8-3-9-22-56)55-37-33-51(34-38-55)65-29-10-11-30-66(65)81-84-72-44-42-53-36-40-61(49-69(53)75(72)90-81)58-24-15-26-62(46-58)77-82-70-32-13-12-31-67(70)73(85-77)54-19-6-2-7-20-54/h1-49,81,84H. The predicted molar refractivity (Wildman–Crippen MR) is 363 cm³/mol. The van der Waals surface area contributed by atoms with Crippen molar-refractivity contribution in [2.45, 2.75) is 6.23 Å². The summed E-state index contributed by atoms with van der Waals surface area (Å²) in [5.74, 6) is 3.79. The number of aromatic nitrogens is 6. The number of rotatable bonds is 11. The third-order valence-electron chi connectivity index (χ3n) is 17.0. The van der Waals surface area contributed by atoms with Gasteiger partial charge in [0.25, 0.3) is 0 Å². The second-order valence-electron chi connectivity index (χ2n) is 22.6. The van der Waals surface area contributed by atoms with E-state index in [1.54, 1.807) is 0 Å². The average Bonchev–Trinajstić information content (AvgIpc) is 1.78. The quantitative estimate of drug-likeness (QED) is 0.135. The average molecular weight is 1150 g/mol. The van der Waals surface area contributed by atoms with Crippen LogP contribution in [0.3, 0.4) is 0 Å². The van der Waals surface area contributed by atoms with Crippen molar-refractivity contribution in [3.8, 4) is 119 Å². The lowest BCUT2D eigenvalue weighted by atomic mass is 9.97. The molecule has 0 amide bonds. The van der Waals surface area contributed by atoms with Crippen molar-refractivity contribution in [2.75, 3.05) is 5.32 Å². The molecule has 0 fully saturated rings. The summed E-state index contributed by atoms with van der Waals surface area (Å²) < 4.78 is 13.5. The molecular formula is C81H51N7O2.